The molecule has 0 saturated carbocycles. The molecule has 0 bridgehead atoms. The SMILES string of the molecule is COCCC(C)(C)CNc1ncc(F)cc1C(=O)O. The summed E-state index contributed by atoms with van der Waals surface area (Å²) in [6.07, 6.45) is 1.82. The molecule has 0 amide bonds. The Morgan fingerprint density at radius 3 is 2.84 bits per heavy atom. The fourth-order valence-electron chi connectivity index (χ4n) is 1.53. The number of rotatable bonds is 7. The van der Waals surface area contributed by atoms with E-state index in [0.717, 1.165) is 18.7 Å². The molecular formula is C13H19FN2O3. The second kappa shape index (κ2) is 6.47. The molecule has 1 heterocycles. The second-order valence-electron chi connectivity index (χ2n) is 5.12. The van der Waals surface area contributed by atoms with Gasteiger partial charge in [-0.1, -0.05) is 13.8 Å². The van der Waals surface area contributed by atoms with E-state index in [1.165, 1.54) is 0 Å². The summed E-state index contributed by atoms with van der Waals surface area (Å²) in [7, 11) is 1.63. The third-order valence-electron chi connectivity index (χ3n) is 2.80. The van der Waals surface area contributed by atoms with Crippen molar-refractivity contribution in [1.29, 1.82) is 0 Å². The van der Waals surface area contributed by atoms with Gasteiger partial charge in [0.2, 0.25) is 0 Å². The van der Waals surface area contributed by atoms with Crippen molar-refractivity contribution in [2.24, 2.45) is 5.41 Å². The van der Waals surface area contributed by atoms with E-state index in [0.29, 0.717) is 13.2 Å². The monoisotopic (exact) mass is 270 g/mol. The number of halogens is 1. The summed E-state index contributed by atoms with van der Waals surface area (Å²) >= 11 is 0. The molecule has 1 rings (SSSR count). The van der Waals surface area contributed by atoms with Gasteiger partial charge >= 0.3 is 5.97 Å². The normalized spacial score (nSPS) is 11.4. The van der Waals surface area contributed by atoms with Gasteiger partial charge in [-0.05, 0) is 17.9 Å². The number of ether oxygens (including phenoxy) is 1. The lowest BCUT2D eigenvalue weighted by Gasteiger charge is -2.25. The van der Waals surface area contributed by atoms with E-state index in [-0.39, 0.29) is 16.8 Å². The second-order valence-corrected chi connectivity index (χ2v) is 5.12. The van der Waals surface area contributed by atoms with Crippen molar-refractivity contribution < 1.29 is 19.0 Å². The summed E-state index contributed by atoms with van der Waals surface area (Å²) in [5, 5.41) is 12.0. The summed E-state index contributed by atoms with van der Waals surface area (Å²) in [4.78, 5) is 14.8. The minimum Gasteiger partial charge on any atom is -0.478 e. The van der Waals surface area contributed by atoms with E-state index in [1.54, 1.807) is 7.11 Å². The van der Waals surface area contributed by atoms with Crippen LogP contribution in [0.2, 0.25) is 0 Å². The van der Waals surface area contributed by atoms with Crippen LogP contribution >= 0.6 is 0 Å². The standard InChI is InChI=1S/C13H19FN2O3/c1-13(2,4-5-19-3)8-16-11-10(12(17)18)6-9(14)7-15-11/h6-7H,4-5,8H2,1-3H3,(H,15,16)(H,17,18). The van der Waals surface area contributed by atoms with Crippen LogP contribution in [-0.2, 0) is 4.74 Å². The third kappa shape index (κ3) is 4.82. The molecule has 106 valence electrons. The number of carboxylic acids is 1. The Kier molecular flexibility index (Phi) is 5.23. The first-order valence-electron chi connectivity index (χ1n) is 5.97. The van der Waals surface area contributed by atoms with Gasteiger partial charge in [-0.15, -0.1) is 0 Å². The van der Waals surface area contributed by atoms with Gasteiger partial charge in [0.05, 0.1) is 6.20 Å². The van der Waals surface area contributed by atoms with Crippen LogP contribution in [-0.4, -0.2) is 36.3 Å². The van der Waals surface area contributed by atoms with Crippen LogP contribution in [0.5, 0.6) is 0 Å². The largest absolute Gasteiger partial charge is 0.478 e. The summed E-state index contributed by atoms with van der Waals surface area (Å²) in [5.74, 6) is -1.69. The molecule has 0 atom stereocenters. The number of carbonyl (C=O) groups is 1. The molecule has 5 nitrogen and oxygen atoms in total. The smallest absolute Gasteiger partial charge is 0.339 e. The highest BCUT2D eigenvalue weighted by Gasteiger charge is 2.19. The molecule has 0 aliphatic heterocycles. The lowest BCUT2D eigenvalue weighted by atomic mass is 9.89. The summed E-state index contributed by atoms with van der Waals surface area (Å²) in [6.45, 7) is 5.21. The van der Waals surface area contributed by atoms with E-state index >= 15 is 0 Å². The predicted molar refractivity (Wildman–Crippen MR) is 69.9 cm³/mol. The van der Waals surface area contributed by atoms with E-state index in [4.69, 9.17) is 9.84 Å². The molecule has 19 heavy (non-hydrogen) atoms. The van der Waals surface area contributed by atoms with Crippen LogP contribution in [0.4, 0.5) is 10.2 Å². The third-order valence-corrected chi connectivity index (χ3v) is 2.80. The van der Waals surface area contributed by atoms with E-state index in [1.807, 2.05) is 13.8 Å². The first-order chi connectivity index (χ1) is 8.85. The van der Waals surface area contributed by atoms with Crippen molar-refractivity contribution in [1.82, 2.24) is 4.98 Å². The minimum absolute atomic E-state index is 0.0815. The first kappa shape index (κ1) is 15.4. The number of pyridine rings is 1. The Morgan fingerprint density at radius 1 is 1.58 bits per heavy atom. The van der Waals surface area contributed by atoms with Crippen LogP contribution < -0.4 is 5.32 Å². The van der Waals surface area contributed by atoms with Gasteiger partial charge in [-0.25, -0.2) is 14.2 Å². The van der Waals surface area contributed by atoms with Crippen molar-refractivity contribution in [2.45, 2.75) is 20.3 Å². The molecule has 0 spiro atoms. The van der Waals surface area contributed by atoms with Crippen LogP contribution in [0.1, 0.15) is 30.6 Å². The number of carboxylic acid groups (broad SMARTS) is 1. The van der Waals surface area contributed by atoms with Crippen molar-refractivity contribution in [3.05, 3.63) is 23.6 Å². The minimum atomic E-state index is -1.20. The summed E-state index contributed by atoms with van der Waals surface area (Å²) in [5.41, 5.74) is -0.246. The quantitative estimate of drug-likeness (QED) is 0.796. The van der Waals surface area contributed by atoms with Gasteiger partial charge in [0.15, 0.2) is 0 Å². The van der Waals surface area contributed by atoms with Crippen molar-refractivity contribution in [3.63, 3.8) is 0 Å². The Morgan fingerprint density at radius 2 is 2.26 bits per heavy atom. The summed E-state index contributed by atoms with van der Waals surface area (Å²) < 4.78 is 18.0. The maximum Gasteiger partial charge on any atom is 0.339 e. The molecule has 0 aliphatic carbocycles. The molecule has 0 saturated heterocycles. The molecule has 0 unspecified atom stereocenters. The van der Waals surface area contributed by atoms with Gasteiger partial charge in [0, 0.05) is 20.3 Å². The van der Waals surface area contributed by atoms with Crippen LogP contribution in [0.15, 0.2) is 12.3 Å². The first-order valence-corrected chi connectivity index (χ1v) is 5.97. The highest BCUT2D eigenvalue weighted by Crippen LogP contribution is 2.22. The molecule has 1 aromatic heterocycles. The maximum atomic E-state index is 13.0. The van der Waals surface area contributed by atoms with Gasteiger partial charge in [-0.3, -0.25) is 0 Å². The average Bonchev–Trinajstić information content (AvgIpc) is 2.35. The van der Waals surface area contributed by atoms with E-state index < -0.39 is 11.8 Å². The van der Waals surface area contributed by atoms with Gasteiger partial charge in [0.25, 0.3) is 0 Å². The zero-order chi connectivity index (χ0) is 14.5. The number of nitrogens with zero attached hydrogens (tertiary/aromatic N) is 1. The molecule has 1 aromatic rings. The van der Waals surface area contributed by atoms with Gasteiger partial charge < -0.3 is 15.2 Å². The van der Waals surface area contributed by atoms with Crippen LogP contribution in [0.25, 0.3) is 0 Å². The zero-order valence-corrected chi connectivity index (χ0v) is 11.4. The number of hydrogen-bond acceptors (Lipinski definition) is 4. The highest BCUT2D eigenvalue weighted by molar-refractivity contribution is 5.93. The van der Waals surface area contributed by atoms with Crippen molar-refractivity contribution >= 4 is 11.8 Å². The fourth-order valence-corrected chi connectivity index (χ4v) is 1.53. The maximum absolute atomic E-state index is 13.0. The van der Waals surface area contributed by atoms with Gasteiger partial charge in [-0.2, -0.15) is 0 Å². The molecule has 6 heteroatoms. The van der Waals surface area contributed by atoms with E-state index in [2.05, 4.69) is 10.3 Å². The molecule has 0 aromatic carbocycles. The summed E-state index contributed by atoms with van der Waals surface area (Å²) in [6, 6.07) is 0.958. The topological polar surface area (TPSA) is 71.5 Å². The zero-order valence-electron chi connectivity index (χ0n) is 11.4. The molecule has 2 N–H and O–H groups in total. The average molecular weight is 270 g/mol. The van der Waals surface area contributed by atoms with Crippen molar-refractivity contribution in [2.75, 3.05) is 25.6 Å². The van der Waals surface area contributed by atoms with Crippen LogP contribution in [0, 0.1) is 11.2 Å². The number of hydrogen-bond donors (Lipinski definition) is 2. The molecule has 0 radical (unpaired) electrons. The molecular weight excluding hydrogens is 251 g/mol. The Balaban J connectivity index is 2.75. The van der Waals surface area contributed by atoms with Gasteiger partial charge in [0.1, 0.15) is 17.2 Å². The number of aromatic carboxylic acids is 1. The number of methoxy groups -OCH3 is 1. The Labute approximate surface area is 111 Å². The number of anilines is 1. The molecule has 0 aliphatic rings. The highest BCUT2D eigenvalue weighted by atomic mass is 19.1. The molecule has 0 fully saturated rings. The van der Waals surface area contributed by atoms with E-state index in [9.17, 15) is 9.18 Å². The van der Waals surface area contributed by atoms with Crippen molar-refractivity contribution in [3.8, 4) is 0 Å². The number of nitrogens with one attached hydrogen (secondary N) is 1. The Bertz CT molecular complexity index is 450. The number of aromatic nitrogens is 1. The van der Waals surface area contributed by atoms with Crippen LogP contribution in [0.3, 0.4) is 0 Å². The Hall–Kier alpha value is -1.69. The lowest BCUT2D eigenvalue weighted by molar-refractivity contribution is 0.0696. The fraction of sp³-hybridized carbons (Fsp3) is 0.538. The lowest BCUT2D eigenvalue weighted by Crippen LogP contribution is -2.25. The predicted octanol–water partition coefficient (Wildman–Crippen LogP) is 2.39.